The summed E-state index contributed by atoms with van der Waals surface area (Å²) in [6.45, 7) is 2.02. The molecule has 3 rings (SSSR count). The van der Waals surface area contributed by atoms with Crippen LogP contribution in [0.15, 0.2) is 47.6 Å². The molecule has 20 heavy (non-hydrogen) atoms. The average molecular weight is 287 g/mol. The molecule has 0 aliphatic carbocycles. The van der Waals surface area contributed by atoms with Gasteiger partial charge in [-0.3, -0.25) is 10.8 Å². The van der Waals surface area contributed by atoms with Gasteiger partial charge in [0.05, 0.1) is 6.04 Å². The first-order valence-corrected chi connectivity index (χ1v) is 7.52. The van der Waals surface area contributed by atoms with Crippen molar-refractivity contribution in [3.63, 3.8) is 0 Å². The second-order valence-electron chi connectivity index (χ2n) is 4.85. The van der Waals surface area contributed by atoms with E-state index in [1.807, 2.05) is 37.5 Å². The molecule has 0 spiro atoms. The average Bonchev–Trinajstić information content (AvgIpc) is 2.48. The highest BCUT2D eigenvalue weighted by atomic mass is 32.2. The van der Waals surface area contributed by atoms with E-state index in [1.54, 1.807) is 11.8 Å². The molecule has 1 aromatic carbocycles. The van der Waals surface area contributed by atoms with Crippen LogP contribution in [0.4, 0.5) is 0 Å². The molecule has 0 saturated carbocycles. The van der Waals surface area contributed by atoms with Gasteiger partial charge in [-0.25, -0.2) is 5.43 Å². The lowest BCUT2D eigenvalue weighted by Crippen LogP contribution is -2.42. The van der Waals surface area contributed by atoms with E-state index in [9.17, 15) is 0 Å². The molecule has 1 aliphatic rings. The second-order valence-corrected chi connectivity index (χ2v) is 5.92. The third-order valence-corrected chi connectivity index (χ3v) is 4.48. The van der Waals surface area contributed by atoms with Gasteiger partial charge in [0, 0.05) is 23.0 Å². The smallest absolute Gasteiger partial charge is 0.133 e. The zero-order valence-electron chi connectivity index (χ0n) is 11.2. The fourth-order valence-electron chi connectivity index (χ4n) is 2.37. The number of benzene rings is 1. The van der Waals surface area contributed by atoms with Gasteiger partial charge >= 0.3 is 0 Å². The lowest BCUT2D eigenvalue weighted by Gasteiger charge is -2.31. The maximum absolute atomic E-state index is 6.09. The number of pyridine rings is 1. The quantitative estimate of drug-likeness (QED) is 0.671. The largest absolute Gasteiger partial charge is 0.486 e. The number of aromatic nitrogens is 1. The van der Waals surface area contributed by atoms with Crippen LogP contribution in [0.2, 0.25) is 0 Å². The van der Waals surface area contributed by atoms with Crippen LogP contribution in [-0.2, 0) is 0 Å². The van der Waals surface area contributed by atoms with Crippen molar-refractivity contribution in [3.8, 4) is 5.75 Å². The maximum Gasteiger partial charge on any atom is 0.133 e. The van der Waals surface area contributed by atoms with Gasteiger partial charge in [-0.1, -0.05) is 18.2 Å². The highest BCUT2D eigenvalue weighted by molar-refractivity contribution is 7.99. The Hall–Kier alpha value is -1.56. The number of aryl methyl sites for hydroxylation is 1. The molecule has 1 aliphatic heterocycles. The molecule has 4 nitrogen and oxygen atoms in total. The predicted octanol–water partition coefficient (Wildman–Crippen LogP) is 2.45. The maximum atomic E-state index is 6.09. The first kappa shape index (κ1) is 13.4. The lowest BCUT2D eigenvalue weighted by molar-refractivity contribution is 0.166. The van der Waals surface area contributed by atoms with Crippen LogP contribution in [0.3, 0.4) is 0 Å². The first-order valence-electron chi connectivity index (χ1n) is 6.54. The lowest BCUT2D eigenvalue weighted by atomic mass is 10.0. The van der Waals surface area contributed by atoms with Crippen LogP contribution in [0, 0.1) is 6.92 Å². The van der Waals surface area contributed by atoms with Crippen molar-refractivity contribution in [2.45, 2.75) is 24.0 Å². The monoisotopic (exact) mass is 287 g/mol. The summed E-state index contributed by atoms with van der Waals surface area (Å²) < 4.78 is 6.09. The number of ether oxygens (including phenoxy) is 1. The third-order valence-electron chi connectivity index (χ3n) is 3.34. The number of hydrogen-bond donors (Lipinski definition) is 2. The van der Waals surface area contributed by atoms with Gasteiger partial charge < -0.3 is 4.74 Å². The van der Waals surface area contributed by atoms with Crippen LogP contribution in [0.5, 0.6) is 5.75 Å². The Labute approximate surface area is 122 Å². The van der Waals surface area contributed by atoms with Crippen LogP contribution in [0.25, 0.3) is 0 Å². The standard InChI is InChI=1S/C15H17N3OS/c1-10-6-11(8-17-7-10)15(18-16)13-9-20-14-5-3-2-4-12(14)19-13/h2-8,13,15,18H,9,16H2,1H3. The summed E-state index contributed by atoms with van der Waals surface area (Å²) in [5.41, 5.74) is 5.04. The molecule has 0 radical (unpaired) electrons. The Bertz CT molecular complexity index is 605. The number of fused-ring (bicyclic) bond motifs is 1. The highest BCUT2D eigenvalue weighted by Crippen LogP contribution is 2.38. The molecule has 2 aromatic rings. The number of hydrazine groups is 1. The molecule has 2 atom stereocenters. The van der Waals surface area contributed by atoms with Crippen molar-refractivity contribution >= 4 is 11.8 Å². The number of hydrogen-bond acceptors (Lipinski definition) is 5. The summed E-state index contributed by atoms with van der Waals surface area (Å²) in [4.78, 5) is 5.42. The zero-order valence-corrected chi connectivity index (χ0v) is 12.1. The summed E-state index contributed by atoms with van der Waals surface area (Å²) >= 11 is 1.80. The van der Waals surface area contributed by atoms with Gasteiger partial charge in [-0.15, -0.1) is 11.8 Å². The van der Waals surface area contributed by atoms with E-state index >= 15 is 0 Å². The molecule has 2 unspecified atom stereocenters. The summed E-state index contributed by atoms with van der Waals surface area (Å²) in [5, 5.41) is 0. The number of nitrogens with one attached hydrogen (secondary N) is 1. The van der Waals surface area contributed by atoms with Gasteiger partial charge in [-0.05, 0) is 30.2 Å². The normalized spacial score (nSPS) is 19.0. The molecular weight excluding hydrogens is 270 g/mol. The van der Waals surface area contributed by atoms with Gasteiger partial charge in [0.25, 0.3) is 0 Å². The summed E-state index contributed by atoms with van der Waals surface area (Å²) in [7, 11) is 0. The van der Waals surface area contributed by atoms with Crippen LogP contribution < -0.4 is 16.0 Å². The molecule has 104 valence electrons. The van der Waals surface area contributed by atoms with Crippen LogP contribution >= 0.6 is 11.8 Å². The van der Waals surface area contributed by atoms with Crippen LogP contribution in [0.1, 0.15) is 17.2 Å². The molecule has 0 saturated heterocycles. The van der Waals surface area contributed by atoms with Gasteiger partial charge in [0.15, 0.2) is 0 Å². The number of nitrogens with two attached hydrogens (primary N) is 1. The minimum Gasteiger partial charge on any atom is -0.486 e. The van der Waals surface area contributed by atoms with E-state index in [-0.39, 0.29) is 12.1 Å². The zero-order chi connectivity index (χ0) is 13.9. The van der Waals surface area contributed by atoms with Crippen LogP contribution in [-0.4, -0.2) is 16.8 Å². The van der Waals surface area contributed by atoms with Crippen molar-refractivity contribution in [2.24, 2.45) is 5.84 Å². The molecule has 0 amide bonds. The molecule has 1 aromatic heterocycles. The van der Waals surface area contributed by atoms with Crippen molar-refractivity contribution < 1.29 is 4.74 Å². The number of para-hydroxylation sites is 1. The predicted molar refractivity (Wildman–Crippen MR) is 80.6 cm³/mol. The Morgan fingerprint density at radius 2 is 2.25 bits per heavy atom. The fraction of sp³-hybridized carbons (Fsp3) is 0.267. The molecule has 0 bridgehead atoms. The fourth-order valence-corrected chi connectivity index (χ4v) is 3.40. The summed E-state index contributed by atoms with van der Waals surface area (Å²) in [5.74, 6) is 7.53. The number of rotatable bonds is 3. The molecule has 0 fully saturated rings. The Kier molecular flexibility index (Phi) is 3.91. The molecular formula is C15H17N3OS. The number of nitrogens with zero attached hydrogens (tertiary/aromatic N) is 1. The van der Waals surface area contributed by atoms with E-state index in [1.165, 1.54) is 4.90 Å². The van der Waals surface area contributed by atoms with E-state index in [4.69, 9.17) is 10.6 Å². The molecule has 3 N–H and O–H groups in total. The van der Waals surface area contributed by atoms with Crippen molar-refractivity contribution in [1.82, 2.24) is 10.4 Å². The SMILES string of the molecule is Cc1cncc(C(NN)C2CSc3ccccc3O2)c1. The minimum atomic E-state index is -0.0664. The number of thioether (sulfide) groups is 1. The summed E-state index contributed by atoms with van der Waals surface area (Å²) in [6.07, 6.45) is 3.66. The van der Waals surface area contributed by atoms with Crippen molar-refractivity contribution in [2.75, 3.05) is 5.75 Å². The topological polar surface area (TPSA) is 60.2 Å². The van der Waals surface area contributed by atoms with E-state index in [2.05, 4.69) is 22.5 Å². The minimum absolute atomic E-state index is 0.0106. The molecule has 5 heteroatoms. The van der Waals surface area contributed by atoms with Crippen molar-refractivity contribution in [3.05, 3.63) is 53.9 Å². The third kappa shape index (κ3) is 2.65. The first-order chi connectivity index (χ1) is 9.78. The molecule has 2 heterocycles. The van der Waals surface area contributed by atoms with E-state index in [0.29, 0.717) is 0 Å². The Balaban J connectivity index is 1.85. The van der Waals surface area contributed by atoms with E-state index in [0.717, 1.165) is 22.6 Å². The van der Waals surface area contributed by atoms with Gasteiger partial charge in [-0.2, -0.15) is 0 Å². The summed E-state index contributed by atoms with van der Waals surface area (Å²) in [6, 6.07) is 10.1. The van der Waals surface area contributed by atoms with Gasteiger partial charge in [0.2, 0.25) is 0 Å². The Morgan fingerprint density at radius 3 is 3.05 bits per heavy atom. The van der Waals surface area contributed by atoms with E-state index < -0.39 is 0 Å². The Morgan fingerprint density at radius 1 is 1.40 bits per heavy atom. The van der Waals surface area contributed by atoms with Gasteiger partial charge in [0.1, 0.15) is 11.9 Å². The second kappa shape index (κ2) is 5.83. The van der Waals surface area contributed by atoms with Crippen molar-refractivity contribution in [1.29, 1.82) is 0 Å². The highest BCUT2D eigenvalue weighted by Gasteiger charge is 2.28.